The average Bonchev–Trinajstić information content (AvgIpc) is 2.18. The summed E-state index contributed by atoms with van der Waals surface area (Å²) in [6.45, 7) is 5.31. The van der Waals surface area contributed by atoms with Crippen LogP contribution in [0.3, 0.4) is 0 Å². The Morgan fingerprint density at radius 1 is 1.36 bits per heavy atom. The molecule has 0 aliphatic heterocycles. The maximum absolute atomic E-state index is 11.2. The Morgan fingerprint density at radius 2 is 1.93 bits per heavy atom. The Morgan fingerprint density at radius 3 is 2.29 bits per heavy atom. The second-order valence-electron chi connectivity index (χ2n) is 3.04. The first kappa shape index (κ1) is 12.7. The monoisotopic (exact) mass is 200 g/mol. The zero-order valence-electron chi connectivity index (χ0n) is 8.78. The molecule has 2 atom stereocenters. The lowest BCUT2D eigenvalue weighted by Crippen LogP contribution is -2.23. The van der Waals surface area contributed by atoms with E-state index in [0.717, 1.165) is 0 Å². The first-order valence-electron chi connectivity index (χ1n) is 4.34. The lowest BCUT2D eigenvalue weighted by molar-refractivity contribution is -0.147. The van der Waals surface area contributed by atoms with E-state index < -0.39 is 5.92 Å². The van der Waals surface area contributed by atoms with Crippen molar-refractivity contribution in [3.05, 3.63) is 12.7 Å². The highest BCUT2D eigenvalue weighted by atomic mass is 16.5. The molecule has 0 amide bonds. The van der Waals surface area contributed by atoms with Gasteiger partial charge in [-0.3, -0.25) is 9.59 Å². The van der Waals surface area contributed by atoms with Crippen molar-refractivity contribution in [1.82, 2.24) is 0 Å². The van der Waals surface area contributed by atoms with Crippen LogP contribution in [-0.2, 0) is 19.1 Å². The van der Waals surface area contributed by atoms with Crippen molar-refractivity contribution in [2.75, 3.05) is 14.2 Å². The molecule has 0 saturated carbocycles. The van der Waals surface area contributed by atoms with Gasteiger partial charge in [-0.2, -0.15) is 0 Å². The maximum Gasteiger partial charge on any atom is 0.312 e. The fourth-order valence-corrected chi connectivity index (χ4v) is 1.17. The van der Waals surface area contributed by atoms with E-state index in [4.69, 9.17) is 0 Å². The summed E-state index contributed by atoms with van der Waals surface area (Å²) in [6, 6.07) is 0. The van der Waals surface area contributed by atoms with Crippen LogP contribution in [-0.4, -0.2) is 26.2 Å². The van der Waals surface area contributed by atoms with E-state index in [1.165, 1.54) is 20.3 Å². The summed E-state index contributed by atoms with van der Waals surface area (Å²) in [5.74, 6) is -1.34. The average molecular weight is 200 g/mol. The Hall–Kier alpha value is -1.32. The van der Waals surface area contributed by atoms with E-state index in [2.05, 4.69) is 16.1 Å². The molecule has 14 heavy (non-hydrogen) atoms. The highest BCUT2D eigenvalue weighted by Crippen LogP contribution is 2.18. The molecule has 0 spiro atoms. The van der Waals surface area contributed by atoms with Crippen molar-refractivity contribution in [3.63, 3.8) is 0 Å². The predicted octanol–water partition coefficient (Wildman–Crippen LogP) is 1.16. The molecule has 0 saturated heterocycles. The summed E-state index contributed by atoms with van der Waals surface area (Å²) in [7, 11) is 2.62. The Labute approximate surface area is 83.9 Å². The van der Waals surface area contributed by atoms with Crippen LogP contribution in [0.1, 0.15) is 13.3 Å². The summed E-state index contributed by atoms with van der Waals surface area (Å²) < 4.78 is 9.08. The van der Waals surface area contributed by atoms with Gasteiger partial charge in [0.2, 0.25) is 0 Å². The normalized spacial score (nSPS) is 13.9. The minimum atomic E-state index is -0.459. The molecule has 0 rings (SSSR count). The molecule has 0 aromatic rings. The van der Waals surface area contributed by atoms with Crippen molar-refractivity contribution in [1.29, 1.82) is 0 Å². The number of hydrogen-bond acceptors (Lipinski definition) is 4. The summed E-state index contributed by atoms with van der Waals surface area (Å²) in [6.07, 6.45) is 1.67. The van der Waals surface area contributed by atoms with Gasteiger partial charge >= 0.3 is 11.9 Å². The van der Waals surface area contributed by atoms with E-state index in [9.17, 15) is 9.59 Å². The molecule has 0 fully saturated rings. The number of carbonyl (C=O) groups excluding carboxylic acids is 2. The summed E-state index contributed by atoms with van der Waals surface area (Å²) in [5.41, 5.74) is 0. The third-order valence-corrected chi connectivity index (χ3v) is 2.06. The highest BCUT2D eigenvalue weighted by Gasteiger charge is 2.24. The highest BCUT2D eigenvalue weighted by molar-refractivity contribution is 5.76. The molecule has 0 N–H and O–H groups in total. The van der Waals surface area contributed by atoms with Gasteiger partial charge < -0.3 is 9.47 Å². The van der Waals surface area contributed by atoms with E-state index in [1.54, 1.807) is 6.92 Å². The van der Waals surface area contributed by atoms with Crippen molar-refractivity contribution in [2.24, 2.45) is 11.8 Å². The zero-order chi connectivity index (χ0) is 11.1. The second-order valence-corrected chi connectivity index (χ2v) is 3.04. The van der Waals surface area contributed by atoms with Gasteiger partial charge in [-0.05, 0) is 5.92 Å². The van der Waals surface area contributed by atoms with Gasteiger partial charge in [0, 0.05) is 6.42 Å². The van der Waals surface area contributed by atoms with Crippen LogP contribution in [0.5, 0.6) is 0 Å². The van der Waals surface area contributed by atoms with Crippen LogP contribution >= 0.6 is 0 Å². The topological polar surface area (TPSA) is 52.6 Å². The molecule has 0 aromatic heterocycles. The lowest BCUT2D eigenvalue weighted by Gasteiger charge is -2.16. The molecule has 0 radical (unpaired) electrons. The molecule has 0 aromatic carbocycles. The number of hydrogen-bond donors (Lipinski definition) is 0. The standard InChI is InChI=1S/C10H16O4/c1-5-8(10(12)14-4)7(2)6-9(11)13-3/h5,7-8H,1,6H2,2-4H3. The molecule has 4 nitrogen and oxygen atoms in total. The first-order chi connectivity index (χ1) is 6.56. The van der Waals surface area contributed by atoms with Crippen molar-refractivity contribution >= 4 is 11.9 Å². The molecule has 4 heteroatoms. The Bertz CT molecular complexity index is 222. The predicted molar refractivity (Wildman–Crippen MR) is 51.5 cm³/mol. The van der Waals surface area contributed by atoms with Crippen LogP contribution in [0, 0.1) is 11.8 Å². The number of esters is 2. The van der Waals surface area contributed by atoms with E-state index in [0.29, 0.717) is 0 Å². The van der Waals surface area contributed by atoms with Crippen molar-refractivity contribution < 1.29 is 19.1 Å². The van der Waals surface area contributed by atoms with Gasteiger partial charge in [-0.25, -0.2) is 0 Å². The van der Waals surface area contributed by atoms with Gasteiger partial charge in [0.25, 0.3) is 0 Å². The first-order valence-corrected chi connectivity index (χ1v) is 4.34. The fraction of sp³-hybridized carbons (Fsp3) is 0.600. The number of rotatable bonds is 5. The number of carbonyl (C=O) groups is 2. The third kappa shape index (κ3) is 3.60. The van der Waals surface area contributed by atoms with E-state index >= 15 is 0 Å². The maximum atomic E-state index is 11.2. The lowest BCUT2D eigenvalue weighted by atomic mass is 9.91. The molecule has 0 bridgehead atoms. The van der Waals surface area contributed by atoms with Gasteiger partial charge in [0.05, 0.1) is 20.1 Å². The smallest absolute Gasteiger partial charge is 0.312 e. The summed E-state index contributed by atoms with van der Waals surface area (Å²) in [5, 5.41) is 0. The quantitative estimate of drug-likeness (QED) is 0.493. The summed E-state index contributed by atoms with van der Waals surface area (Å²) >= 11 is 0. The second kappa shape index (κ2) is 6.18. The molecular formula is C10H16O4. The number of methoxy groups -OCH3 is 2. The van der Waals surface area contributed by atoms with E-state index in [-0.39, 0.29) is 24.3 Å². The fourth-order valence-electron chi connectivity index (χ4n) is 1.17. The van der Waals surface area contributed by atoms with Crippen LogP contribution in [0.2, 0.25) is 0 Å². The van der Waals surface area contributed by atoms with Crippen molar-refractivity contribution in [3.8, 4) is 0 Å². The van der Waals surface area contributed by atoms with Gasteiger partial charge in [0.15, 0.2) is 0 Å². The van der Waals surface area contributed by atoms with Crippen LogP contribution in [0.4, 0.5) is 0 Å². The van der Waals surface area contributed by atoms with Crippen LogP contribution in [0.25, 0.3) is 0 Å². The molecular weight excluding hydrogens is 184 g/mol. The molecule has 0 aliphatic carbocycles. The zero-order valence-corrected chi connectivity index (χ0v) is 8.78. The van der Waals surface area contributed by atoms with Crippen molar-refractivity contribution in [2.45, 2.75) is 13.3 Å². The SMILES string of the molecule is C=CC(C(=O)OC)C(C)CC(=O)OC. The van der Waals surface area contributed by atoms with Crippen LogP contribution in [0.15, 0.2) is 12.7 Å². The Kier molecular flexibility index (Phi) is 5.60. The minimum Gasteiger partial charge on any atom is -0.469 e. The third-order valence-electron chi connectivity index (χ3n) is 2.06. The van der Waals surface area contributed by atoms with Gasteiger partial charge in [-0.15, -0.1) is 6.58 Å². The molecule has 2 unspecified atom stereocenters. The minimum absolute atomic E-state index is 0.160. The van der Waals surface area contributed by atoms with E-state index in [1.807, 2.05) is 0 Å². The summed E-state index contributed by atoms with van der Waals surface area (Å²) in [4.78, 5) is 22.2. The largest absolute Gasteiger partial charge is 0.469 e. The molecule has 80 valence electrons. The van der Waals surface area contributed by atoms with Gasteiger partial charge in [-0.1, -0.05) is 13.0 Å². The molecule has 0 aliphatic rings. The number of ether oxygens (including phenoxy) is 2. The van der Waals surface area contributed by atoms with Crippen LogP contribution < -0.4 is 0 Å². The Balaban J connectivity index is 4.31. The van der Waals surface area contributed by atoms with Gasteiger partial charge in [0.1, 0.15) is 0 Å². The molecule has 0 heterocycles.